The van der Waals surface area contributed by atoms with E-state index in [0.717, 1.165) is 36.6 Å². The Labute approximate surface area is 159 Å². The van der Waals surface area contributed by atoms with Crippen molar-refractivity contribution >= 4 is 28.7 Å². The molecule has 26 heavy (non-hydrogen) atoms. The number of hydrogen-bond acceptors (Lipinski definition) is 5. The number of benzene rings is 2. The molecule has 0 saturated carbocycles. The van der Waals surface area contributed by atoms with E-state index < -0.39 is 0 Å². The van der Waals surface area contributed by atoms with Crippen molar-refractivity contribution in [3.8, 4) is 5.75 Å². The summed E-state index contributed by atoms with van der Waals surface area (Å²) in [5.41, 5.74) is 4.44. The molecular formula is C19H23N3O3S. The summed E-state index contributed by atoms with van der Waals surface area (Å²) in [6.07, 6.45) is 0.986. The van der Waals surface area contributed by atoms with Crippen LogP contribution in [0.4, 0.5) is 11.4 Å². The Hall–Kier alpha value is -2.19. The summed E-state index contributed by atoms with van der Waals surface area (Å²) in [7, 11) is 4.67. The molecule has 0 saturated heterocycles. The van der Waals surface area contributed by atoms with Crippen molar-refractivity contribution in [3.05, 3.63) is 53.6 Å². The van der Waals surface area contributed by atoms with Gasteiger partial charge in [-0.1, -0.05) is 17.4 Å². The summed E-state index contributed by atoms with van der Waals surface area (Å²) in [5, 5.41) is 4.97. The van der Waals surface area contributed by atoms with Gasteiger partial charge in [0.2, 0.25) is 5.11 Å². The van der Waals surface area contributed by atoms with Gasteiger partial charge in [-0.2, -0.15) is 0 Å². The maximum absolute atomic E-state index is 5.64. The Morgan fingerprint density at radius 1 is 1.00 bits per heavy atom. The molecule has 0 aromatic heterocycles. The predicted molar refractivity (Wildman–Crippen MR) is 105 cm³/mol. The molecule has 0 spiro atoms. The number of methoxy groups -OCH3 is 1. The quantitative estimate of drug-likeness (QED) is 0.638. The molecule has 7 heteroatoms. The van der Waals surface area contributed by atoms with Crippen LogP contribution in [0.15, 0.2) is 42.5 Å². The van der Waals surface area contributed by atoms with Crippen LogP contribution in [0.3, 0.4) is 0 Å². The third kappa shape index (κ3) is 3.81. The average molecular weight is 373 g/mol. The zero-order valence-corrected chi connectivity index (χ0v) is 16.0. The van der Waals surface area contributed by atoms with Crippen LogP contribution in [0.2, 0.25) is 0 Å². The summed E-state index contributed by atoms with van der Waals surface area (Å²) in [5.74, 6) is 0.749. The number of rotatable bonds is 5. The lowest BCUT2D eigenvalue weighted by Gasteiger charge is -2.31. The van der Waals surface area contributed by atoms with Crippen molar-refractivity contribution in [2.75, 3.05) is 32.8 Å². The smallest absolute Gasteiger partial charge is 0.234 e. The Kier molecular flexibility index (Phi) is 6.05. The molecule has 2 aromatic carbocycles. The van der Waals surface area contributed by atoms with Crippen molar-refractivity contribution < 1.29 is 14.4 Å². The molecule has 0 aliphatic carbocycles. The lowest BCUT2D eigenvalue weighted by molar-refractivity contribution is -0.285. The molecular weight excluding hydrogens is 350 g/mol. The molecule has 2 aromatic rings. The third-order valence-electron chi connectivity index (χ3n) is 4.33. The number of hydroxylamine groups is 2. The molecule has 3 rings (SSSR count). The SMILES string of the molecule is COc1cccc(N(C(=S)N(OC)OC)c2ccc3c(c2)CCNC3)c1. The molecule has 0 amide bonds. The first-order valence-electron chi connectivity index (χ1n) is 8.37. The number of hydrogen-bond donors (Lipinski definition) is 1. The molecule has 0 atom stereocenters. The highest BCUT2D eigenvalue weighted by molar-refractivity contribution is 7.80. The van der Waals surface area contributed by atoms with Gasteiger partial charge in [0, 0.05) is 18.3 Å². The minimum Gasteiger partial charge on any atom is -0.497 e. The van der Waals surface area contributed by atoms with E-state index >= 15 is 0 Å². The Morgan fingerprint density at radius 3 is 2.50 bits per heavy atom. The standard InChI is InChI=1S/C19H23N3O3S/c1-23-18-6-4-5-16(12-18)21(19(26)22(24-2)25-3)17-8-7-15-13-20-10-9-14(15)11-17/h4-8,11-12,20H,9-10,13H2,1-3H3. The second-order valence-electron chi connectivity index (χ2n) is 5.82. The lowest BCUT2D eigenvalue weighted by atomic mass is 10.00. The van der Waals surface area contributed by atoms with E-state index in [0.29, 0.717) is 5.11 Å². The zero-order valence-electron chi connectivity index (χ0n) is 15.2. The second kappa shape index (κ2) is 8.46. The van der Waals surface area contributed by atoms with E-state index in [2.05, 4.69) is 23.5 Å². The summed E-state index contributed by atoms with van der Waals surface area (Å²) in [6, 6.07) is 14.1. The van der Waals surface area contributed by atoms with Crippen molar-refractivity contribution in [1.29, 1.82) is 0 Å². The van der Waals surface area contributed by atoms with E-state index in [-0.39, 0.29) is 0 Å². The molecule has 0 fully saturated rings. The van der Waals surface area contributed by atoms with Gasteiger partial charge in [-0.25, -0.2) is 9.68 Å². The molecule has 138 valence electrons. The Morgan fingerprint density at radius 2 is 1.77 bits per heavy atom. The third-order valence-corrected chi connectivity index (χ3v) is 4.66. The van der Waals surface area contributed by atoms with Gasteiger partial charge in [-0.3, -0.25) is 4.90 Å². The summed E-state index contributed by atoms with van der Waals surface area (Å²) < 4.78 is 5.37. The fourth-order valence-corrected chi connectivity index (χ4v) is 3.39. The molecule has 0 unspecified atom stereocenters. The van der Waals surface area contributed by atoms with Crippen LogP contribution in [-0.4, -0.2) is 38.2 Å². The van der Waals surface area contributed by atoms with Crippen LogP contribution in [0.5, 0.6) is 5.75 Å². The van der Waals surface area contributed by atoms with Crippen molar-refractivity contribution in [3.63, 3.8) is 0 Å². The summed E-state index contributed by atoms with van der Waals surface area (Å²) in [6.45, 7) is 1.86. The molecule has 1 N–H and O–H groups in total. The van der Waals surface area contributed by atoms with Crippen LogP contribution in [-0.2, 0) is 22.6 Å². The Balaban J connectivity index is 2.06. The van der Waals surface area contributed by atoms with Crippen molar-refractivity contribution in [2.24, 2.45) is 0 Å². The predicted octanol–water partition coefficient (Wildman–Crippen LogP) is 3.19. The van der Waals surface area contributed by atoms with E-state index in [1.165, 1.54) is 30.6 Å². The first-order valence-corrected chi connectivity index (χ1v) is 8.77. The van der Waals surface area contributed by atoms with E-state index in [4.69, 9.17) is 26.6 Å². The highest BCUT2D eigenvalue weighted by atomic mass is 32.1. The number of nitrogens with one attached hydrogen (secondary N) is 1. The average Bonchev–Trinajstić information content (AvgIpc) is 2.69. The first kappa shape index (κ1) is 18.6. The van der Waals surface area contributed by atoms with Crippen LogP contribution in [0.25, 0.3) is 0 Å². The van der Waals surface area contributed by atoms with Gasteiger partial charge in [0.05, 0.1) is 27.0 Å². The molecule has 0 radical (unpaired) electrons. The minimum atomic E-state index is 0.372. The van der Waals surface area contributed by atoms with Gasteiger partial charge in [0.25, 0.3) is 0 Å². The zero-order chi connectivity index (χ0) is 18.5. The van der Waals surface area contributed by atoms with Gasteiger partial charge in [-0.15, -0.1) is 0 Å². The van der Waals surface area contributed by atoms with Gasteiger partial charge >= 0.3 is 0 Å². The highest BCUT2D eigenvalue weighted by Gasteiger charge is 2.23. The van der Waals surface area contributed by atoms with E-state index in [1.54, 1.807) is 7.11 Å². The number of fused-ring (bicyclic) bond motifs is 1. The molecule has 0 bridgehead atoms. The highest BCUT2D eigenvalue weighted by Crippen LogP contribution is 2.32. The topological polar surface area (TPSA) is 46.2 Å². The number of ether oxygens (including phenoxy) is 1. The van der Waals surface area contributed by atoms with Gasteiger partial charge in [0.15, 0.2) is 0 Å². The normalized spacial score (nSPS) is 13.0. The van der Waals surface area contributed by atoms with Gasteiger partial charge in [0.1, 0.15) is 5.75 Å². The van der Waals surface area contributed by atoms with Gasteiger partial charge < -0.3 is 10.1 Å². The largest absolute Gasteiger partial charge is 0.497 e. The van der Waals surface area contributed by atoms with Crippen LogP contribution in [0.1, 0.15) is 11.1 Å². The molecule has 6 nitrogen and oxygen atoms in total. The fraction of sp³-hybridized carbons (Fsp3) is 0.316. The van der Waals surface area contributed by atoms with Crippen molar-refractivity contribution in [1.82, 2.24) is 10.5 Å². The van der Waals surface area contributed by atoms with Crippen LogP contribution in [0, 0.1) is 0 Å². The minimum absolute atomic E-state index is 0.372. The molecule has 1 aliphatic rings. The molecule has 1 aliphatic heterocycles. The number of anilines is 2. The Bertz CT molecular complexity index is 780. The van der Waals surface area contributed by atoms with Gasteiger partial charge in [-0.05, 0) is 60.6 Å². The van der Waals surface area contributed by atoms with Crippen LogP contribution >= 0.6 is 12.2 Å². The summed E-state index contributed by atoms with van der Waals surface area (Å²) >= 11 is 5.64. The maximum Gasteiger partial charge on any atom is 0.234 e. The first-order chi connectivity index (χ1) is 12.7. The number of nitrogens with zero attached hydrogens (tertiary/aromatic N) is 2. The van der Waals surface area contributed by atoms with Crippen molar-refractivity contribution in [2.45, 2.75) is 13.0 Å². The second-order valence-corrected chi connectivity index (χ2v) is 6.19. The van der Waals surface area contributed by atoms with E-state index in [1.807, 2.05) is 29.2 Å². The fourth-order valence-electron chi connectivity index (χ4n) is 3.03. The van der Waals surface area contributed by atoms with Crippen LogP contribution < -0.4 is 15.0 Å². The lowest BCUT2D eigenvalue weighted by Crippen LogP contribution is -2.39. The maximum atomic E-state index is 5.64. The monoisotopic (exact) mass is 373 g/mol. The van der Waals surface area contributed by atoms with E-state index in [9.17, 15) is 0 Å². The summed E-state index contributed by atoms with van der Waals surface area (Å²) in [4.78, 5) is 12.4. The number of thiocarbonyl (C=S) groups is 1. The molecule has 1 heterocycles.